The molecule has 0 aliphatic heterocycles. The van der Waals surface area contributed by atoms with Gasteiger partial charge in [-0.1, -0.05) is 13.3 Å². The molecule has 0 spiro atoms. The summed E-state index contributed by atoms with van der Waals surface area (Å²) in [5, 5.41) is 0. The Morgan fingerprint density at radius 3 is 2.38 bits per heavy atom. The molecule has 0 aliphatic carbocycles. The molecule has 1 aromatic heterocycles. The quantitative estimate of drug-likeness (QED) is 0.778. The third kappa shape index (κ3) is 3.51. The molecule has 2 rings (SSSR count). The van der Waals surface area contributed by atoms with Gasteiger partial charge in [0.15, 0.2) is 0 Å². The Morgan fingerprint density at radius 2 is 1.81 bits per heavy atom. The Balaban J connectivity index is 2.55. The summed E-state index contributed by atoms with van der Waals surface area (Å²) in [5.41, 5.74) is 5.44. The van der Waals surface area contributed by atoms with E-state index in [-0.39, 0.29) is 5.82 Å². The Bertz CT molecular complexity index is 657. The molecule has 0 amide bonds. The van der Waals surface area contributed by atoms with Crippen LogP contribution in [0, 0.1) is 26.6 Å². The van der Waals surface area contributed by atoms with E-state index in [4.69, 9.17) is 4.99 Å². The lowest BCUT2D eigenvalue weighted by atomic mass is 10.0. The molecule has 21 heavy (non-hydrogen) atoms. The lowest BCUT2D eigenvalue weighted by Gasteiger charge is -2.11. The molecule has 0 bridgehead atoms. The van der Waals surface area contributed by atoms with Gasteiger partial charge in [-0.15, -0.1) is 0 Å². The first-order chi connectivity index (χ1) is 10.0. The van der Waals surface area contributed by atoms with Crippen LogP contribution in [0.3, 0.4) is 0 Å². The zero-order chi connectivity index (χ0) is 15.4. The summed E-state index contributed by atoms with van der Waals surface area (Å²) in [7, 11) is 0. The van der Waals surface area contributed by atoms with Crippen LogP contribution in [0.25, 0.3) is 0 Å². The Kier molecular flexibility index (Phi) is 4.78. The van der Waals surface area contributed by atoms with Crippen LogP contribution < -0.4 is 0 Å². The van der Waals surface area contributed by atoms with E-state index in [1.807, 2.05) is 20.8 Å². The summed E-state index contributed by atoms with van der Waals surface area (Å²) >= 11 is 0. The van der Waals surface area contributed by atoms with Crippen molar-refractivity contribution in [2.24, 2.45) is 4.99 Å². The van der Waals surface area contributed by atoms with Gasteiger partial charge in [0, 0.05) is 17.0 Å². The summed E-state index contributed by atoms with van der Waals surface area (Å²) in [4.78, 5) is 13.3. The highest BCUT2D eigenvalue weighted by atomic mass is 19.1. The fourth-order valence-electron chi connectivity index (χ4n) is 2.37. The maximum absolute atomic E-state index is 13.2. The van der Waals surface area contributed by atoms with E-state index in [0.717, 1.165) is 46.8 Å². The maximum Gasteiger partial charge on any atom is 0.123 e. The van der Waals surface area contributed by atoms with Gasteiger partial charge >= 0.3 is 0 Å². The Hall–Kier alpha value is -2.10. The van der Waals surface area contributed by atoms with Crippen LogP contribution in [0.4, 0.5) is 10.1 Å². The van der Waals surface area contributed by atoms with Gasteiger partial charge in [0.25, 0.3) is 0 Å². The summed E-state index contributed by atoms with van der Waals surface area (Å²) in [5.74, 6) is -0.237. The number of halogens is 1. The zero-order valence-corrected chi connectivity index (χ0v) is 12.9. The van der Waals surface area contributed by atoms with E-state index in [0.29, 0.717) is 0 Å². The summed E-state index contributed by atoms with van der Waals surface area (Å²) in [6.07, 6.45) is 3.39. The topological polar surface area (TPSA) is 38.1 Å². The molecule has 0 unspecified atom stereocenters. The highest BCUT2D eigenvalue weighted by Gasteiger charge is 2.12. The average Bonchev–Trinajstić information content (AvgIpc) is 2.41. The largest absolute Gasteiger partial charge is 0.252 e. The fraction of sp³-hybridized carbons (Fsp3) is 0.353. The summed E-state index contributed by atoms with van der Waals surface area (Å²) < 4.78 is 13.2. The summed E-state index contributed by atoms with van der Waals surface area (Å²) in [6.45, 7) is 7.91. The van der Waals surface area contributed by atoms with E-state index in [9.17, 15) is 4.39 Å². The monoisotopic (exact) mass is 285 g/mol. The normalized spacial score (nSPS) is 11.8. The zero-order valence-electron chi connectivity index (χ0n) is 12.9. The molecule has 0 N–H and O–H groups in total. The molecule has 0 fully saturated rings. The first-order valence-corrected chi connectivity index (χ1v) is 7.15. The van der Waals surface area contributed by atoms with Crippen molar-refractivity contribution in [1.29, 1.82) is 0 Å². The molecule has 3 nitrogen and oxygen atoms in total. The number of nitrogens with zero attached hydrogens (tertiary/aromatic N) is 3. The molecule has 110 valence electrons. The minimum atomic E-state index is -0.237. The minimum absolute atomic E-state index is 0.237. The second kappa shape index (κ2) is 6.57. The van der Waals surface area contributed by atoms with Gasteiger partial charge in [0.05, 0.1) is 11.4 Å². The number of hydrogen-bond acceptors (Lipinski definition) is 3. The van der Waals surface area contributed by atoms with E-state index in [1.54, 1.807) is 12.4 Å². The molecular formula is C17H20FN3. The van der Waals surface area contributed by atoms with Gasteiger partial charge in [-0.25, -0.2) is 14.4 Å². The number of aliphatic imine (C=N–C) groups is 1. The van der Waals surface area contributed by atoms with Gasteiger partial charge in [-0.05, 0) is 51.0 Å². The number of rotatable bonds is 4. The SMILES string of the molecule is CCCC(=Nc1ccc(F)cc1C)c1c(C)ncnc1C. The Morgan fingerprint density at radius 1 is 1.14 bits per heavy atom. The van der Waals surface area contributed by atoms with Crippen molar-refractivity contribution in [3.63, 3.8) is 0 Å². The van der Waals surface area contributed by atoms with Crippen LogP contribution in [-0.4, -0.2) is 15.7 Å². The lowest BCUT2D eigenvalue weighted by Crippen LogP contribution is -2.08. The van der Waals surface area contributed by atoms with Gasteiger partial charge in [-0.2, -0.15) is 0 Å². The Labute approximate surface area is 125 Å². The van der Waals surface area contributed by atoms with E-state index in [2.05, 4.69) is 16.9 Å². The first kappa shape index (κ1) is 15.3. The van der Waals surface area contributed by atoms with Crippen LogP contribution in [0.1, 0.15) is 42.3 Å². The predicted octanol–water partition coefficient (Wildman–Crippen LogP) is 4.46. The number of benzene rings is 1. The standard InChI is InChI=1S/C17H20FN3/c1-5-6-16(17-12(3)19-10-20-13(17)4)21-15-8-7-14(18)9-11(15)2/h7-10H,5-6H2,1-4H3. The minimum Gasteiger partial charge on any atom is -0.252 e. The molecule has 0 saturated heterocycles. The van der Waals surface area contributed by atoms with Crippen molar-refractivity contribution >= 4 is 11.4 Å². The van der Waals surface area contributed by atoms with Gasteiger partial charge in [0.1, 0.15) is 12.1 Å². The molecule has 2 aromatic rings. The van der Waals surface area contributed by atoms with Gasteiger partial charge in [0.2, 0.25) is 0 Å². The smallest absolute Gasteiger partial charge is 0.123 e. The van der Waals surface area contributed by atoms with E-state index >= 15 is 0 Å². The third-order valence-electron chi connectivity index (χ3n) is 3.42. The molecule has 1 heterocycles. The second-order valence-electron chi connectivity index (χ2n) is 5.16. The van der Waals surface area contributed by atoms with Crippen molar-refractivity contribution in [1.82, 2.24) is 9.97 Å². The van der Waals surface area contributed by atoms with E-state index < -0.39 is 0 Å². The third-order valence-corrected chi connectivity index (χ3v) is 3.42. The second-order valence-corrected chi connectivity index (χ2v) is 5.16. The fourth-order valence-corrected chi connectivity index (χ4v) is 2.37. The molecule has 0 radical (unpaired) electrons. The highest BCUT2D eigenvalue weighted by molar-refractivity contribution is 6.03. The van der Waals surface area contributed by atoms with Crippen LogP contribution in [0.5, 0.6) is 0 Å². The molecular weight excluding hydrogens is 265 g/mol. The molecule has 0 aliphatic rings. The molecule has 0 atom stereocenters. The molecule has 0 saturated carbocycles. The first-order valence-electron chi connectivity index (χ1n) is 7.15. The number of aryl methyl sites for hydroxylation is 3. The van der Waals surface area contributed by atoms with Crippen LogP contribution in [0.2, 0.25) is 0 Å². The van der Waals surface area contributed by atoms with E-state index in [1.165, 1.54) is 12.1 Å². The average molecular weight is 285 g/mol. The van der Waals surface area contributed by atoms with Gasteiger partial charge < -0.3 is 0 Å². The molecule has 1 aromatic carbocycles. The number of aromatic nitrogens is 2. The van der Waals surface area contributed by atoms with Crippen molar-refractivity contribution in [3.05, 3.63) is 52.9 Å². The van der Waals surface area contributed by atoms with Crippen LogP contribution in [-0.2, 0) is 0 Å². The van der Waals surface area contributed by atoms with Gasteiger partial charge in [-0.3, -0.25) is 4.99 Å². The predicted molar refractivity (Wildman–Crippen MR) is 83.7 cm³/mol. The lowest BCUT2D eigenvalue weighted by molar-refractivity contribution is 0.627. The van der Waals surface area contributed by atoms with Crippen molar-refractivity contribution in [3.8, 4) is 0 Å². The van der Waals surface area contributed by atoms with Crippen molar-refractivity contribution in [2.45, 2.75) is 40.5 Å². The van der Waals surface area contributed by atoms with Crippen LogP contribution >= 0.6 is 0 Å². The van der Waals surface area contributed by atoms with Crippen LogP contribution in [0.15, 0.2) is 29.5 Å². The maximum atomic E-state index is 13.2. The van der Waals surface area contributed by atoms with Crippen molar-refractivity contribution in [2.75, 3.05) is 0 Å². The highest BCUT2D eigenvalue weighted by Crippen LogP contribution is 2.23. The molecule has 4 heteroatoms. The summed E-state index contributed by atoms with van der Waals surface area (Å²) in [6, 6.07) is 4.66. The number of hydrogen-bond donors (Lipinski definition) is 0. The van der Waals surface area contributed by atoms with Crippen molar-refractivity contribution < 1.29 is 4.39 Å².